The number of ether oxygens (including phenoxy) is 2. The molecule has 0 aromatic heterocycles. The Morgan fingerprint density at radius 2 is 1.83 bits per heavy atom. The van der Waals surface area contributed by atoms with Gasteiger partial charge in [-0.15, -0.1) is 0 Å². The SMILES string of the molecule is CCCCCOC(=O)C1=C(C)N=C2CC(C)(C)CC(=O)C2C1c1ccc(OC)cc1. The Bertz CT molecular complexity index is 864. The molecule has 1 aliphatic carbocycles. The fraction of sp³-hybridized carbons (Fsp3) is 0.560. The molecule has 1 fully saturated rings. The van der Waals surface area contributed by atoms with Crippen LogP contribution in [0.25, 0.3) is 0 Å². The topological polar surface area (TPSA) is 65.0 Å². The first-order valence-electron chi connectivity index (χ1n) is 10.9. The number of methoxy groups -OCH3 is 1. The molecule has 0 spiro atoms. The lowest BCUT2D eigenvalue weighted by Gasteiger charge is -2.41. The molecule has 0 amide bonds. The molecule has 0 N–H and O–H groups in total. The highest BCUT2D eigenvalue weighted by atomic mass is 16.5. The predicted molar refractivity (Wildman–Crippen MR) is 118 cm³/mol. The van der Waals surface area contributed by atoms with E-state index in [-0.39, 0.29) is 23.1 Å². The van der Waals surface area contributed by atoms with E-state index in [1.54, 1.807) is 7.11 Å². The number of aliphatic imine (C=N–C) groups is 1. The monoisotopic (exact) mass is 411 g/mol. The van der Waals surface area contributed by atoms with Crippen molar-refractivity contribution in [3.05, 3.63) is 41.1 Å². The van der Waals surface area contributed by atoms with Gasteiger partial charge in [-0.05, 0) is 42.9 Å². The molecule has 3 rings (SSSR count). The number of unbranched alkanes of at least 4 members (excludes halogenated alkanes) is 2. The van der Waals surface area contributed by atoms with E-state index in [0.29, 0.717) is 24.3 Å². The highest BCUT2D eigenvalue weighted by Crippen LogP contribution is 2.47. The van der Waals surface area contributed by atoms with Crippen molar-refractivity contribution in [2.45, 2.75) is 65.7 Å². The van der Waals surface area contributed by atoms with Crippen molar-refractivity contribution in [2.24, 2.45) is 16.3 Å². The zero-order valence-corrected chi connectivity index (χ0v) is 18.8. The molecule has 1 aromatic carbocycles. The van der Waals surface area contributed by atoms with Crippen molar-refractivity contribution in [1.29, 1.82) is 0 Å². The quantitative estimate of drug-likeness (QED) is 0.454. The van der Waals surface area contributed by atoms with Crippen LogP contribution in [0, 0.1) is 11.3 Å². The van der Waals surface area contributed by atoms with Crippen LogP contribution in [0.4, 0.5) is 0 Å². The highest BCUT2D eigenvalue weighted by Gasteiger charge is 2.47. The van der Waals surface area contributed by atoms with Crippen molar-refractivity contribution >= 4 is 17.5 Å². The Morgan fingerprint density at radius 3 is 2.47 bits per heavy atom. The molecule has 0 radical (unpaired) electrons. The Hall–Kier alpha value is -2.43. The number of Topliss-reactive ketones (excluding diaryl/α,β-unsaturated/α-hetero) is 1. The zero-order chi connectivity index (χ0) is 21.9. The van der Waals surface area contributed by atoms with E-state index >= 15 is 0 Å². The summed E-state index contributed by atoms with van der Waals surface area (Å²) in [7, 11) is 1.62. The van der Waals surface area contributed by atoms with Crippen LogP contribution in [0.5, 0.6) is 5.75 Å². The van der Waals surface area contributed by atoms with E-state index in [1.807, 2.05) is 31.2 Å². The fourth-order valence-electron chi connectivity index (χ4n) is 4.62. The van der Waals surface area contributed by atoms with E-state index in [1.165, 1.54) is 0 Å². The van der Waals surface area contributed by atoms with Crippen LogP contribution in [-0.4, -0.2) is 31.2 Å². The maximum atomic E-state index is 13.2. The summed E-state index contributed by atoms with van der Waals surface area (Å²) in [6, 6.07) is 7.63. The number of hydrogen-bond acceptors (Lipinski definition) is 5. The van der Waals surface area contributed by atoms with Crippen molar-refractivity contribution < 1.29 is 19.1 Å². The smallest absolute Gasteiger partial charge is 0.336 e. The molecule has 1 aliphatic heterocycles. The molecule has 2 atom stereocenters. The molecule has 1 heterocycles. The van der Waals surface area contributed by atoms with Crippen molar-refractivity contribution in [2.75, 3.05) is 13.7 Å². The van der Waals surface area contributed by atoms with Gasteiger partial charge in [0.2, 0.25) is 0 Å². The van der Waals surface area contributed by atoms with Crippen molar-refractivity contribution in [3.63, 3.8) is 0 Å². The largest absolute Gasteiger partial charge is 0.497 e. The minimum absolute atomic E-state index is 0.116. The number of benzene rings is 1. The van der Waals surface area contributed by atoms with Gasteiger partial charge in [-0.3, -0.25) is 9.79 Å². The lowest BCUT2D eigenvalue weighted by atomic mass is 9.63. The van der Waals surface area contributed by atoms with Gasteiger partial charge in [0.05, 0.1) is 25.2 Å². The number of fused-ring (bicyclic) bond motifs is 1. The molecule has 1 saturated carbocycles. The maximum Gasteiger partial charge on any atom is 0.336 e. The number of ketones is 1. The Labute approximate surface area is 179 Å². The van der Waals surface area contributed by atoms with Crippen LogP contribution in [0.3, 0.4) is 0 Å². The lowest BCUT2D eigenvalue weighted by molar-refractivity contribution is -0.139. The zero-order valence-electron chi connectivity index (χ0n) is 18.8. The first-order valence-corrected chi connectivity index (χ1v) is 10.9. The Morgan fingerprint density at radius 1 is 1.13 bits per heavy atom. The molecule has 162 valence electrons. The van der Waals surface area contributed by atoms with Gasteiger partial charge in [-0.2, -0.15) is 0 Å². The van der Waals surface area contributed by atoms with Gasteiger partial charge < -0.3 is 9.47 Å². The van der Waals surface area contributed by atoms with Crippen LogP contribution in [0.15, 0.2) is 40.5 Å². The third-order valence-corrected chi connectivity index (χ3v) is 6.04. The summed E-state index contributed by atoms with van der Waals surface area (Å²) in [5.74, 6) is -0.248. The number of nitrogens with zero attached hydrogens (tertiary/aromatic N) is 1. The molecule has 5 nitrogen and oxygen atoms in total. The summed E-state index contributed by atoms with van der Waals surface area (Å²) < 4.78 is 10.9. The molecular formula is C25H33NO4. The van der Waals surface area contributed by atoms with E-state index in [2.05, 4.69) is 20.8 Å². The van der Waals surface area contributed by atoms with E-state index in [0.717, 1.165) is 42.7 Å². The molecule has 30 heavy (non-hydrogen) atoms. The number of esters is 1. The normalized spacial score (nSPS) is 23.0. The third kappa shape index (κ3) is 4.66. The summed E-state index contributed by atoms with van der Waals surface area (Å²) in [5, 5.41) is 0. The molecular weight excluding hydrogens is 378 g/mol. The highest BCUT2D eigenvalue weighted by molar-refractivity contribution is 6.12. The lowest BCUT2D eigenvalue weighted by Crippen LogP contribution is -2.44. The van der Waals surface area contributed by atoms with Gasteiger partial charge in [-0.25, -0.2) is 4.79 Å². The van der Waals surface area contributed by atoms with E-state index in [9.17, 15) is 9.59 Å². The van der Waals surface area contributed by atoms with Crippen molar-refractivity contribution in [3.8, 4) is 5.75 Å². The number of hydrogen-bond donors (Lipinski definition) is 0. The molecule has 5 heteroatoms. The number of allylic oxidation sites excluding steroid dienone is 1. The van der Waals surface area contributed by atoms with Gasteiger partial charge in [0.25, 0.3) is 0 Å². The average molecular weight is 412 g/mol. The molecule has 2 aliphatic rings. The molecule has 1 aromatic rings. The third-order valence-electron chi connectivity index (χ3n) is 6.04. The van der Waals surface area contributed by atoms with Gasteiger partial charge >= 0.3 is 5.97 Å². The standard InChI is InChI=1S/C25H33NO4/c1-6-7-8-13-30-24(28)21-16(2)26-19-14-25(3,4)15-20(27)23(19)22(21)17-9-11-18(29-5)12-10-17/h9-12,22-23H,6-8,13-15H2,1-5H3. The summed E-state index contributed by atoms with van der Waals surface area (Å²) in [4.78, 5) is 31.1. The minimum Gasteiger partial charge on any atom is -0.497 e. The number of rotatable bonds is 7. The van der Waals surface area contributed by atoms with Crippen LogP contribution in [-0.2, 0) is 14.3 Å². The second-order valence-corrected chi connectivity index (χ2v) is 9.16. The Kier molecular flexibility index (Phi) is 6.79. The number of carbonyl (C=O) groups is 2. The van der Waals surface area contributed by atoms with Gasteiger partial charge in [0, 0.05) is 23.7 Å². The van der Waals surface area contributed by atoms with Gasteiger partial charge in [0.15, 0.2) is 0 Å². The molecule has 2 unspecified atom stereocenters. The second kappa shape index (κ2) is 9.15. The van der Waals surface area contributed by atoms with Crippen molar-refractivity contribution in [1.82, 2.24) is 0 Å². The predicted octanol–water partition coefficient (Wildman–Crippen LogP) is 5.25. The summed E-state index contributed by atoms with van der Waals surface area (Å²) in [5.41, 5.74) is 2.86. The first kappa shape index (κ1) is 22.3. The summed E-state index contributed by atoms with van der Waals surface area (Å²) in [6.07, 6.45) is 4.17. The van der Waals surface area contributed by atoms with Crippen LogP contribution >= 0.6 is 0 Å². The van der Waals surface area contributed by atoms with E-state index < -0.39 is 5.92 Å². The second-order valence-electron chi connectivity index (χ2n) is 9.16. The molecule has 0 bridgehead atoms. The minimum atomic E-state index is -0.409. The summed E-state index contributed by atoms with van der Waals surface area (Å²) >= 11 is 0. The van der Waals surface area contributed by atoms with Crippen LogP contribution in [0.1, 0.15) is 71.3 Å². The number of carbonyl (C=O) groups excluding carboxylic acids is 2. The van der Waals surface area contributed by atoms with Crippen LogP contribution < -0.4 is 4.74 Å². The van der Waals surface area contributed by atoms with Gasteiger partial charge in [0.1, 0.15) is 11.5 Å². The fourth-order valence-corrected chi connectivity index (χ4v) is 4.62. The maximum absolute atomic E-state index is 13.2. The Balaban J connectivity index is 2.01. The van der Waals surface area contributed by atoms with Gasteiger partial charge in [-0.1, -0.05) is 45.7 Å². The first-order chi connectivity index (χ1) is 14.3. The van der Waals surface area contributed by atoms with Crippen LogP contribution in [0.2, 0.25) is 0 Å². The summed E-state index contributed by atoms with van der Waals surface area (Å²) in [6.45, 7) is 8.56. The molecule has 0 saturated heterocycles. The van der Waals surface area contributed by atoms with E-state index in [4.69, 9.17) is 14.5 Å². The average Bonchev–Trinajstić information content (AvgIpc) is 2.69.